The van der Waals surface area contributed by atoms with Gasteiger partial charge in [0.15, 0.2) is 0 Å². The third-order valence-electron chi connectivity index (χ3n) is 3.38. The van der Waals surface area contributed by atoms with Crippen molar-refractivity contribution >= 4 is 5.69 Å². The fraction of sp³-hybridized carbons (Fsp3) is 0.571. The van der Waals surface area contributed by atoms with Crippen molar-refractivity contribution in [3.63, 3.8) is 0 Å². The monoisotopic (exact) mass is 266 g/mol. The lowest BCUT2D eigenvalue weighted by Crippen LogP contribution is -2.34. The number of hydrogen-bond acceptors (Lipinski definition) is 4. The molecular formula is C14H22N2O3. The fourth-order valence-corrected chi connectivity index (χ4v) is 1.67. The lowest BCUT2D eigenvalue weighted by atomic mass is 10.0. The maximum absolute atomic E-state index is 10.5. The zero-order valence-electron chi connectivity index (χ0n) is 11.8. The molecule has 1 N–H and O–H groups in total. The van der Waals surface area contributed by atoms with Crippen molar-refractivity contribution in [3.05, 3.63) is 34.4 Å². The predicted molar refractivity (Wildman–Crippen MR) is 75.5 cm³/mol. The molecule has 5 nitrogen and oxygen atoms in total. The van der Waals surface area contributed by atoms with E-state index in [1.165, 1.54) is 12.1 Å². The number of nitrogens with one attached hydrogen (secondary N) is 1. The summed E-state index contributed by atoms with van der Waals surface area (Å²) in [7, 11) is 0. The van der Waals surface area contributed by atoms with Crippen LogP contribution in [0.5, 0.6) is 5.75 Å². The Morgan fingerprint density at radius 3 is 2.47 bits per heavy atom. The number of nitrogens with zero attached hydrogens (tertiary/aromatic N) is 1. The molecule has 0 fully saturated rings. The Kier molecular flexibility index (Phi) is 6.29. The highest BCUT2D eigenvalue weighted by atomic mass is 16.6. The maximum Gasteiger partial charge on any atom is 0.269 e. The average Bonchev–Trinajstić information content (AvgIpc) is 2.42. The highest BCUT2D eigenvalue weighted by Gasteiger charge is 2.08. The number of benzene rings is 1. The van der Waals surface area contributed by atoms with Crippen LogP contribution in [0.3, 0.4) is 0 Å². The first kappa shape index (κ1) is 15.4. The molecule has 0 aromatic heterocycles. The lowest BCUT2D eigenvalue weighted by molar-refractivity contribution is -0.384. The summed E-state index contributed by atoms with van der Waals surface area (Å²) < 4.78 is 5.52. The molecule has 0 spiro atoms. The Morgan fingerprint density at radius 2 is 1.95 bits per heavy atom. The summed E-state index contributed by atoms with van der Waals surface area (Å²) in [5, 5.41) is 13.9. The van der Waals surface area contributed by atoms with Gasteiger partial charge in [0.25, 0.3) is 5.69 Å². The topological polar surface area (TPSA) is 64.4 Å². The predicted octanol–water partition coefficient (Wildman–Crippen LogP) is 3.00. The summed E-state index contributed by atoms with van der Waals surface area (Å²) in [4.78, 5) is 10.1. The van der Waals surface area contributed by atoms with E-state index in [-0.39, 0.29) is 5.69 Å². The molecule has 1 aromatic carbocycles. The van der Waals surface area contributed by atoms with E-state index in [2.05, 4.69) is 26.1 Å². The molecular weight excluding hydrogens is 244 g/mol. The quantitative estimate of drug-likeness (QED) is 0.446. The van der Waals surface area contributed by atoms with Crippen molar-refractivity contribution in [1.29, 1.82) is 0 Å². The van der Waals surface area contributed by atoms with E-state index >= 15 is 0 Å². The molecule has 0 amide bonds. The van der Waals surface area contributed by atoms with Gasteiger partial charge in [0.1, 0.15) is 12.4 Å². The van der Waals surface area contributed by atoms with E-state index in [0.29, 0.717) is 24.3 Å². The number of nitro groups is 1. The van der Waals surface area contributed by atoms with E-state index in [9.17, 15) is 10.1 Å². The van der Waals surface area contributed by atoms with Gasteiger partial charge in [-0.3, -0.25) is 10.1 Å². The van der Waals surface area contributed by atoms with Crippen molar-refractivity contribution in [1.82, 2.24) is 5.32 Å². The van der Waals surface area contributed by atoms with Gasteiger partial charge in [0, 0.05) is 24.7 Å². The molecule has 2 unspecified atom stereocenters. The molecule has 0 heterocycles. The Hall–Kier alpha value is -1.62. The molecule has 0 aliphatic rings. The van der Waals surface area contributed by atoms with Crippen LogP contribution in [0.4, 0.5) is 5.69 Å². The summed E-state index contributed by atoms with van der Waals surface area (Å²) in [6, 6.07) is 6.60. The summed E-state index contributed by atoms with van der Waals surface area (Å²) in [6.45, 7) is 7.88. The van der Waals surface area contributed by atoms with Gasteiger partial charge in [0.05, 0.1) is 4.92 Å². The van der Waals surface area contributed by atoms with Crippen LogP contribution in [0.2, 0.25) is 0 Å². The summed E-state index contributed by atoms with van der Waals surface area (Å²) in [6.07, 6.45) is 1.15. The van der Waals surface area contributed by atoms with Crippen LogP contribution in [-0.2, 0) is 0 Å². The van der Waals surface area contributed by atoms with Crippen LogP contribution in [0, 0.1) is 16.0 Å². The van der Waals surface area contributed by atoms with Crippen LogP contribution in [-0.4, -0.2) is 24.1 Å². The SMILES string of the molecule is CCC(C)C(C)NCCOc1ccc([N+](=O)[O-])cc1. The largest absolute Gasteiger partial charge is 0.492 e. The molecule has 0 radical (unpaired) electrons. The number of nitro benzene ring substituents is 1. The van der Waals surface area contributed by atoms with E-state index in [1.54, 1.807) is 12.1 Å². The summed E-state index contributed by atoms with van der Waals surface area (Å²) in [5.74, 6) is 1.29. The van der Waals surface area contributed by atoms with Crippen molar-refractivity contribution < 1.29 is 9.66 Å². The second kappa shape index (κ2) is 7.74. The number of hydrogen-bond donors (Lipinski definition) is 1. The molecule has 5 heteroatoms. The molecule has 106 valence electrons. The van der Waals surface area contributed by atoms with E-state index in [0.717, 1.165) is 13.0 Å². The zero-order chi connectivity index (χ0) is 14.3. The summed E-state index contributed by atoms with van der Waals surface area (Å²) >= 11 is 0. The minimum atomic E-state index is -0.418. The molecule has 19 heavy (non-hydrogen) atoms. The van der Waals surface area contributed by atoms with Crippen LogP contribution in [0.1, 0.15) is 27.2 Å². The fourth-order valence-electron chi connectivity index (χ4n) is 1.67. The standard InChI is InChI=1S/C14H22N2O3/c1-4-11(2)12(3)15-9-10-19-14-7-5-13(6-8-14)16(17)18/h5-8,11-12,15H,4,9-10H2,1-3H3. The maximum atomic E-state index is 10.5. The van der Waals surface area contributed by atoms with Crippen molar-refractivity contribution in [3.8, 4) is 5.75 Å². The minimum absolute atomic E-state index is 0.0795. The van der Waals surface area contributed by atoms with Crippen LogP contribution < -0.4 is 10.1 Å². The molecule has 1 rings (SSSR count). The molecule has 0 saturated carbocycles. The Labute approximate surface area is 114 Å². The second-order valence-corrected chi connectivity index (χ2v) is 4.73. The van der Waals surface area contributed by atoms with Crippen LogP contribution in [0.15, 0.2) is 24.3 Å². The van der Waals surface area contributed by atoms with Gasteiger partial charge in [-0.25, -0.2) is 0 Å². The first-order chi connectivity index (χ1) is 9.04. The first-order valence-electron chi connectivity index (χ1n) is 6.65. The Morgan fingerprint density at radius 1 is 1.32 bits per heavy atom. The molecule has 0 saturated heterocycles. The molecule has 2 atom stereocenters. The Balaban J connectivity index is 2.28. The van der Waals surface area contributed by atoms with Gasteiger partial charge in [-0.1, -0.05) is 20.3 Å². The molecule has 0 bridgehead atoms. The van der Waals surface area contributed by atoms with Crippen molar-refractivity contribution in [2.75, 3.05) is 13.2 Å². The lowest BCUT2D eigenvalue weighted by Gasteiger charge is -2.19. The number of ether oxygens (including phenoxy) is 1. The number of rotatable bonds is 8. The highest BCUT2D eigenvalue weighted by Crippen LogP contribution is 2.17. The van der Waals surface area contributed by atoms with Crippen molar-refractivity contribution in [2.45, 2.75) is 33.2 Å². The van der Waals surface area contributed by atoms with E-state index in [4.69, 9.17) is 4.74 Å². The average molecular weight is 266 g/mol. The second-order valence-electron chi connectivity index (χ2n) is 4.73. The van der Waals surface area contributed by atoms with E-state index in [1.807, 2.05) is 0 Å². The Bertz CT molecular complexity index is 392. The third-order valence-corrected chi connectivity index (χ3v) is 3.38. The normalized spacial score (nSPS) is 13.8. The minimum Gasteiger partial charge on any atom is -0.492 e. The molecule has 1 aromatic rings. The smallest absolute Gasteiger partial charge is 0.269 e. The van der Waals surface area contributed by atoms with Gasteiger partial charge in [-0.15, -0.1) is 0 Å². The van der Waals surface area contributed by atoms with Gasteiger partial charge in [-0.05, 0) is 25.0 Å². The van der Waals surface area contributed by atoms with Crippen molar-refractivity contribution in [2.24, 2.45) is 5.92 Å². The summed E-state index contributed by atoms with van der Waals surface area (Å²) in [5.41, 5.74) is 0.0795. The molecule has 0 aliphatic heterocycles. The van der Waals surface area contributed by atoms with Crippen LogP contribution >= 0.6 is 0 Å². The van der Waals surface area contributed by atoms with Gasteiger partial charge >= 0.3 is 0 Å². The zero-order valence-corrected chi connectivity index (χ0v) is 11.8. The van der Waals surface area contributed by atoms with Gasteiger partial charge in [-0.2, -0.15) is 0 Å². The number of non-ortho nitro benzene ring substituents is 1. The first-order valence-corrected chi connectivity index (χ1v) is 6.65. The van der Waals surface area contributed by atoms with Crippen LogP contribution in [0.25, 0.3) is 0 Å². The van der Waals surface area contributed by atoms with Gasteiger partial charge < -0.3 is 10.1 Å². The third kappa shape index (κ3) is 5.26. The van der Waals surface area contributed by atoms with Gasteiger partial charge in [0.2, 0.25) is 0 Å². The highest BCUT2D eigenvalue weighted by molar-refractivity contribution is 5.35. The molecule has 0 aliphatic carbocycles. The van der Waals surface area contributed by atoms with E-state index < -0.39 is 4.92 Å².